The number of nitrogens with zero attached hydrogens (tertiary/aromatic N) is 2. The number of aromatic nitrogens is 2. The average Bonchev–Trinajstić information content (AvgIpc) is 3.45. The molecule has 154 valence electrons. The predicted molar refractivity (Wildman–Crippen MR) is 109 cm³/mol. The number of hydrogen-bond acceptors (Lipinski definition) is 4. The largest absolute Gasteiger partial charge is 0.497 e. The smallest absolute Gasteiger partial charge is 0.233 e. The van der Waals surface area contributed by atoms with Gasteiger partial charge in [0.05, 0.1) is 31.0 Å². The zero-order valence-corrected chi connectivity index (χ0v) is 17.1. The molecule has 0 bridgehead atoms. The van der Waals surface area contributed by atoms with Crippen molar-refractivity contribution in [3.8, 4) is 5.75 Å². The van der Waals surface area contributed by atoms with Crippen molar-refractivity contribution in [3.05, 3.63) is 47.3 Å². The summed E-state index contributed by atoms with van der Waals surface area (Å²) in [5, 5.41) is 7.41. The van der Waals surface area contributed by atoms with E-state index in [1.807, 2.05) is 18.3 Å². The maximum Gasteiger partial charge on any atom is 0.233 e. The lowest BCUT2D eigenvalue weighted by Gasteiger charge is -2.45. The lowest BCUT2D eigenvalue weighted by Crippen LogP contribution is -2.53. The Kier molecular flexibility index (Phi) is 4.62. The molecule has 2 fully saturated rings. The van der Waals surface area contributed by atoms with Gasteiger partial charge in [-0.05, 0) is 55.4 Å². The van der Waals surface area contributed by atoms with Gasteiger partial charge < -0.3 is 14.4 Å². The van der Waals surface area contributed by atoms with Gasteiger partial charge in [-0.1, -0.05) is 25.0 Å². The van der Waals surface area contributed by atoms with Crippen molar-refractivity contribution in [2.24, 2.45) is 0 Å². The molecule has 1 N–H and O–H groups in total. The minimum Gasteiger partial charge on any atom is -0.497 e. The van der Waals surface area contributed by atoms with E-state index in [0.29, 0.717) is 0 Å². The molecule has 2 aromatic rings. The van der Waals surface area contributed by atoms with Crippen LogP contribution < -0.4 is 4.74 Å². The number of H-pyrrole nitrogens is 1. The number of benzene rings is 1. The molecule has 3 aliphatic rings. The van der Waals surface area contributed by atoms with Crippen molar-refractivity contribution in [1.29, 1.82) is 0 Å². The second kappa shape index (κ2) is 7.17. The van der Waals surface area contributed by atoms with Gasteiger partial charge in [0.2, 0.25) is 5.91 Å². The van der Waals surface area contributed by atoms with Gasteiger partial charge in [-0.25, -0.2) is 0 Å². The fourth-order valence-electron chi connectivity index (χ4n) is 5.61. The first kappa shape index (κ1) is 18.7. The molecule has 6 heteroatoms. The molecule has 0 unspecified atom stereocenters. The Morgan fingerprint density at radius 1 is 1.14 bits per heavy atom. The molecule has 1 aromatic carbocycles. The van der Waals surface area contributed by atoms with Crippen LogP contribution in [0.15, 0.2) is 30.5 Å². The Bertz CT molecular complexity index is 875. The molecule has 1 aliphatic carbocycles. The van der Waals surface area contributed by atoms with Crippen molar-refractivity contribution in [2.75, 3.05) is 26.8 Å². The van der Waals surface area contributed by atoms with Crippen LogP contribution in [0, 0.1) is 0 Å². The molecule has 0 atom stereocenters. The van der Waals surface area contributed by atoms with E-state index >= 15 is 0 Å². The van der Waals surface area contributed by atoms with Gasteiger partial charge in [0.15, 0.2) is 0 Å². The van der Waals surface area contributed by atoms with E-state index in [1.165, 1.54) is 5.56 Å². The summed E-state index contributed by atoms with van der Waals surface area (Å²) in [5.74, 6) is 1.12. The second-order valence-corrected chi connectivity index (χ2v) is 8.67. The summed E-state index contributed by atoms with van der Waals surface area (Å²) in [6.45, 7) is 2.20. The fourth-order valence-corrected chi connectivity index (χ4v) is 5.61. The SMILES string of the molecule is COc1ccc(C2(C(=O)N3CCC4(CC3)OCCc3cn[nH]c34)CCCC2)cc1. The summed E-state index contributed by atoms with van der Waals surface area (Å²) in [5.41, 5.74) is 2.83. The zero-order chi connectivity index (χ0) is 19.9. The fraction of sp³-hybridized carbons (Fsp3) is 0.565. The van der Waals surface area contributed by atoms with Crippen LogP contribution in [0.1, 0.15) is 55.3 Å². The first-order valence-corrected chi connectivity index (χ1v) is 10.8. The van der Waals surface area contributed by atoms with Crippen molar-refractivity contribution < 1.29 is 14.3 Å². The first-order valence-electron chi connectivity index (χ1n) is 10.8. The lowest BCUT2D eigenvalue weighted by molar-refractivity contribution is -0.146. The summed E-state index contributed by atoms with van der Waals surface area (Å²) in [4.78, 5) is 15.9. The highest BCUT2D eigenvalue weighted by molar-refractivity contribution is 5.89. The van der Waals surface area contributed by atoms with Gasteiger partial charge in [-0.2, -0.15) is 5.10 Å². The van der Waals surface area contributed by atoms with Crippen LogP contribution in [0.5, 0.6) is 5.75 Å². The third-order valence-electron chi connectivity index (χ3n) is 7.29. The molecular weight excluding hydrogens is 366 g/mol. The number of carbonyl (C=O) groups is 1. The molecule has 1 saturated carbocycles. The van der Waals surface area contributed by atoms with Crippen LogP contribution >= 0.6 is 0 Å². The number of hydrogen-bond donors (Lipinski definition) is 1. The van der Waals surface area contributed by atoms with Crippen LogP contribution in [-0.4, -0.2) is 47.8 Å². The summed E-state index contributed by atoms with van der Waals surface area (Å²) in [7, 11) is 1.67. The minimum absolute atomic E-state index is 0.288. The van der Waals surface area contributed by atoms with Gasteiger partial charge in [-0.15, -0.1) is 0 Å². The quantitative estimate of drug-likeness (QED) is 0.866. The number of amides is 1. The van der Waals surface area contributed by atoms with Gasteiger partial charge >= 0.3 is 0 Å². The number of carbonyl (C=O) groups excluding carboxylic acids is 1. The number of rotatable bonds is 3. The second-order valence-electron chi connectivity index (χ2n) is 8.67. The predicted octanol–water partition coefficient (Wildman–Crippen LogP) is 3.32. The van der Waals surface area contributed by atoms with Crippen molar-refractivity contribution in [1.82, 2.24) is 15.1 Å². The number of likely N-dealkylation sites (tertiary alicyclic amines) is 1. The molecular formula is C23H29N3O3. The average molecular weight is 396 g/mol. The highest BCUT2D eigenvalue weighted by Crippen LogP contribution is 2.45. The molecule has 6 nitrogen and oxygen atoms in total. The molecule has 1 spiro atoms. The summed E-state index contributed by atoms with van der Waals surface area (Å²) in [6, 6.07) is 8.11. The highest BCUT2D eigenvalue weighted by atomic mass is 16.5. The van der Waals surface area contributed by atoms with Crippen molar-refractivity contribution in [3.63, 3.8) is 0 Å². The number of methoxy groups -OCH3 is 1. The molecule has 2 aliphatic heterocycles. The Labute approximate surface area is 171 Å². The van der Waals surface area contributed by atoms with Crippen LogP contribution in [0.3, 0.4) is 0 Å². The van der Waals surface area contributed by atoms with E-state index in [0.717, 1.165) is 81.6 Å². The molecule has 3 heterocycles. The first-order chi connectivity index (χ1) is 14.2. The zero-order valence-electron chi connectivity index (χ0n) is 17.1. The normalized spacial score (nSPS) is 22.4. The van der Waals surface area contributed by atoms with E-state index in [1.54, 1.807) is 7.11 Å². The standard InChI is InChI=1S/C23H29N3O3/c1-28-19-6-4-18(5-7-19)22(9-2-3-10-22)21(27)26-13-11-23(12-14-26)20-17(8-15-29-23)16-24-25-20/h4-7,16H,2-3,8-15H2,1H3,(H,24,25). The maximum absolute atomic E-state index is 13.8. The molecule has 5 rings (SSSR count). The number of piperidine rings is 1. The van der Waals surface area contributed by atoms with Crippen LogP contribution in [-0.2, 0) is 27.0 Å². The Morgan fingerprint density at radius 3 is 2.55 bits per heavy atom. The van der Waals surface area contributed by atoms with E-state index in [9.17, 15) is 4.79 Å². The van der Waals surface area contributed by atoms with E-state index in [4.69, 9.17) is 9.47 Å². The van der Waals surface area contributed by atoms with Gasteiger partial charge in [0.25, 0.3) is 0 Å². The summed E-state index contributed by atoms with van der Waals surface area (Å²) >= 11 is 0. The van der Waals surface area contributed by atoms with Gasteiger partial charge in [0, 0.05) is 13.1 Å². The molecule has 1 saturated heterocycles. The minimum atomic E-state index is -0.386. The van der Waals surface area contributed by atoms with Crippen molar-refractivity contribution in [2.45, 2.75) is 56.0 Å². The van der Waals surface area contributed by atoms with Gasteiger partial charge in [0.1, 0.15) is 11.4 Å². The molecule has 0 radical (unpaired) electrons. The molecule has 1 amide bonds. The Hall–Kier alpha value is -2.34. The third-order valence-corrected chi connectivity index (χ3v) is 7.29. The number of aromatic amines is 1. The summed E-state index contributed by atoms with van der Waals surface area (Å²) in [6.07, 6.45) is 8.57. The third kappa shape index (κ3) is 2.96. The maximum atomic E-state index is 13.8. The van der Waals surface area contributed by atoms with Crippen molar-refractivity contribution >= 4 is 5.91 Å². The van der Waals surface area contributed by atoms with E-state index in [2.05, 4.69) is 27.2 Å². The Balaban J connectivity index is 1.37. The highest BCUT2D eigenvalue weighted by Gasteiger charge is 2.48. The number of nitrogens with one attached hydrogen (secondary N) is 1. The van der Waals surface area contributed by atoms with Crippen LogP contribution in [0.25, 0.3) is 0 Å². The van der Waals surface area contributed by atoms with E-state index < -0.39 is 0 Å². The number of fused-ring (bicyclic) bond motifs is 2. The number of ether oxygens (including phenoxy) is 2. The van der Waals surface area contributed by atoms with E-state index in [-0.39, 0.29) is 16.9 Å². The lowest BCUT2D eigenvalue weighted by atomic mass is 9.76. The van der Waals surface area contributed by atoms with Crippen LogP contribution in [0.2, 0.25) is 0 Å². The summed E-state index contributed by atoms with van der Waals surface area (Å²) < 4.78 is 11.6. The van der Waals surface area contributed by atoms with Crippen LogP contribution in [0.4, 0.5) is 0 Å². The Morgan fingerprint density at radius 2 is 1.86 bits per heavy atom. The molecule has 29 heavy (non-hydrogen) atoms. The molecule has 1 aromatic heterocycles. The monoisotopic (exact) mass is 395 g/mol. The van der Waals surface area contributed by atoms with Gasteiger partial charge in [-0.3, -0.25) is 9.89 Å². The topological polar surface area (TPSA) is 67.4 Å².